The van der Waals surface area contributed by atoms with E-state index in [0.29, 0.717) is 49.5 Å². The van der Waals surface area contributed by atoms with Crippen LogP contribution in [0.15, 0.2) is 42.7 Å². The number of carbonyl (C=O) groups is 3. The van der Waals surface area contributed by atoms with Crippen LogP contribution >= 0.6 is 34.2 Å². The summed E-state index contributed by atoms with van der Waals surface area (Å²) in [6.07, 6.45) is 4.12. The molecule has 1 fully saturated rings. The number of aryl methyl sites for hydroxylation is 1. The van der Waals surface area contributed by atoms with Crippen LogP contribution < -0.4 is 5.32 Å². The van der Waals surface area contributed by atoms with E-state index in [1.165, 1.54) is 48.3 Å². The molecule has 0 unspecified atom stereocenters. The Balaban J connectivity index is 1.26. The van der Waals surface area contributed by atoms with Crippen LogP contribution in [0.2, 0.25) is 5.02 Å². The molecule has 5 rings (SSSR count). The van der Waals surface area contributed by atoms with E-state index >= 15 is 8.78 Å². The highest BCUT2D eigenvalue weighted by Gasteiger charge is 2.26. The maximum absolute atomic E-state index is 15.2. The maximum atomic E-state index is 15.2. The molecule has 0 saturated carbocycles. The molecule has 0 spiro atoms. The molecule has 3 heterocycles. The fourth-order valence-corrected chi connectivity index (χ4v) is 5.76. The number of H-pyrrole nitrogens is 1. The first-order valence-corrected chi connectivity index (χ1v) is 15.8. The van der Waals surface area contributed by atoms with Gasteiger partial charge in [-0.25, -0.2) is 13.8 Å². The number of hydrogen-bond acceptors (Lipinski definition) is 5. The highest BCUT2D eigenvalue weighted by molar-refractivity contribution is 14.1. The SMILES string of the molecule is Cc1n[nH]cc1-c1ccc(-c2cnc(C(=O)Nc3ccc(C(=O)N4CCN(C(=O)CCCI)CC4)c(Cl)c3)n2C)c(F)c1F. The summed E-state index contributed by atoms with van der Waals surface area (Å²) in [5.74, 6) is -2.92. The zero-order valence-corrected chi connectivity index (χ0v) is 26.9. The molecule has 1 aliphatic heterocycles. The Morgan fingerprint density at radius 3 is 2.36 bits per heavy atom. The number of imidazole rings is 1. The number of aromatic amines is 1. The van der Waals surface area contributed by atoms with Crippen molar-refractivity contribution in [2.24, 2.45) is 7.05 Å². The van der Waals surface area contributed by atoms with Gasteiger partial charge in [0.15, 0.2) is 17.5 Å². The monoisotopic (exact) mass is 735 g/mol. The molecule has 3 amide bonds. The van der Waals surface area contributed by atoms with Crippen LogP contribution in [-0.2, 0) is 11.8 Å². The van der Waals surface area contributed by atoms with Crippen LogP contribution in [0.3, 0.4) is 0 Å². The van der Waals surface area contributed by atoms with E-state index in [2.05, 4.69) is 43.1 Å². The van der Waals surface area contributed by atoms with Gasteiger partial charge in [-0.3, -0.25) is 19.5 Å². The van der Waals surface area contributed by atoms with Crippen LogP contribution in [0, 0.1) is 18.6 Å². The summed E-state index contributed by atoms with van der Waals surface area (Å²) in [5, 5.41) is 9.44. The van der Waals surface area contributed by atoms with Crippen LogP contribution in [0.4, 0.5) is 14.5 Å². The summed E-state index contributed by atoms with van der Waals surface area (Å²) < 4.78 is 32.5. The van der Waals surface area contributed by atoms with Crippen LogP contribution in [-0.4, -0.2) is 77.9 Å². The van der Waals surface area contributed by atoms with Crippen molar-refractivity contribution in [3.63, 3.8) is 0 Å². The van der Waals surface area contributed by atoms with Crippen molar-refractivity contribution in [2.75, 3.05) is 35.9 Å². The van der Waals surface area contributed by atoms with Crippen LogP contribution in [0.25, 0.3) is 22.4 Å². The summed E-state index contributed by atoms with van der Waals surface area (Å²) >= 11 is 8.69. The Labute approximate surface area is 270 Å². The van der Waals surface area contributed by atoms with Gasteiger partial charge >= 0.3 is 0 Å². The lowest BCUT2D eigenvalue weighted by molar-refractivity contribution is -0.132. The molecule has 1 aliphatic rings. The molecule has 230 valence electrons. The van der Waals surface area contributed by atoms with Gasteiger partial charge in [-0.05, 0) is 37.6 Å². The summed E-state index contributed by atoms with van der Waals surface area (Å²) in [4.78, 5) is 46.1. The number of halogens is 4. The van der Waals surface area contributed by atoms with Crippen molar-refractivity contribution in [1.82, 2.24) is 29.5 Å². The fourth-order valence-electron chi connectivity index (χ4n) is 5.12. The molecule has 0 bridgehead atoms. The molecular formula is C30H29ClF2IN7O3. The maximum Gasteiger partial charge on any atom is 0.291 e. The van der Waals surface area contributed by atoms with Crippen molar-refractivity contribution < 1.29 is 23.2 Å². The Kier molecular flexibility index (Phi) is 9.63. The van der Waals surface area contributed by atoms with E-state index in [9.17, 15) is 14.4 Å². The summed E-state index contributed by atoms with van der Waals surface area (Å²) in [6.45, 7) is 3.42. The quantitative estimate of drug-likeness (QED) is 0.184. The zero-order valence-electron chi connectivity index (χ0n) is 24.0. The minimum atomic E-state index is -1.07. The van der Waals surface area contributed by atoms with Crippen molar-refractivity contribution in [3.05, 3.63) is 76.5 Å². The van der Waals surface area contributed by atoms with Crippen LogP contribution in [0.1, 0.15) is 39.5 Å². The fraction of sp³-hybridized carbons (Fsp3) is 0.300. The van der Waals surface area contributed by atoms with Crippen molar-refractivity contribution in [2.45, 2.75) is 19.8 Å². The van der Waals surface area contributed by atoms with Crippen molar-refractivity contribution >= 4 is 57.6 Å². The number of anilines is 1. The molecule has 0 radical (unpaired) electrons. The van der Waals surface area contributed by atoms with Gasteiger partial charge in [-0.2, -0.15) is 5.10 Å². The molecule has 2 aromatic heterocycles. The third kappa shape index (κ3) is 6.34. The van der Waals surface area contributed by atoms with Crippen molar-refractivity contribution in [1.29, 1.82) is 0 Å². The molecule has 2 N–H and O–H groups in total. The van der Waals surface area contributed by atoms with Gasteiger partial charge in [-0.15, -0.1) is 0 Å². The molecule has 0 atom stereocenters. The second kappa shape index (κ2) is 13.4. The number of carbonyl (C=O) groups excluding carboxylic acids is 3. The predicted octanol–water partition coefficient (Wildman–Crippen LogP) is 5.47. The number of nitrogens with zero attached hydrogens (tertiary/aromatic N) is 5. The number of benzene rings is 2. The van der Waals surface area contributed by atoms with Crippen molar-refractivity contribution in [3.8, 4) is 22.4 Å². The summed E-state index contributed by atoms with van der Waals surface area (Å²) in [6, 6.07) is 7.43. The average molecular weight is 736 g/mol. The van der Waals surface area contributed by atoms with Crippen LogP contribution in [0.5, 0.6) is 0 Å². The van der Waals surface area contributed by atoms with E-state index < -0.39 is 17.5 Å². The van der Waals surface area contributed by atoms with Gasteiger partial charge in [0, 0.05) is 72.6 Å². The van der Waals surface area contributed by atoms with Gasteiger partial charge in [0.05, 0.1) is 28.2 Å². The third-order valence-corrected chi connectivity index (χ3v) is 8.65. The topological polar surface area (TPSA) is 116 Å². The number of rotatable bonds is 8. The Morgan fingerprint density at radius 2 is 1.70 bits per heavy atom. The Morgan fingerprint density at radius 1 is 1.02 bits per heavy atom. The lowest BCUT2D eigenvalue weighted by Gasteiger charge is -2.35. The summed E-state index contributed by atoms with van der Waals surface area (Å²) in [5.41, 5.74) is 1.79. The Hall–Kier alpha value is -3.85. The number of alkyl halides is 1. The molecule has 44 heavy (non-hydrogen) atoms. The molecule has 10 nitrogen and oxygen atoms in total. The number of piperazine rings is 1. The van der Waals surface area contributed by atoms with Gasteiger partial charge in [0.2, 0.25) is 5.91 Å². The van der Waals surface area contributed by atoms with E-state index in [1.807, 2.05) is 0 Å². The molecule has 4 aromatic rings. The Bertz CT molecular complexity index is 1730. The second-order valence-electron chi connectivity index (χ2n) is 10.3. The first-order chi connectivity index (χ1) is 21.1. The zero-order chi connectivity index (χ0) is 31.5. The molecule has 1 saturated heterocycles. The molecule has 2 aromatic carbocycles. The number of aromatic nitrogens is 4. The highest BCUT2D eigenvalue weighted by atomic mass is 127. The lowest BCUT2D eigenvalue weighted by Crippen LogP contribution is -2.50. The molecule has 14 heteroatoms. The number of hydrogen-bond donors (Lipinski definition) is 2. The largest absolute Gasteiger partial charge is 0.339 e. The minimum absolute atomic E-state index is 0.0447. The predicted molar refractivity (Wildman–Crippen MR) is 171 cm³/mol. The normalized spacial score (nSPS) is 13.3. The van der Waals surface area contributed by atoms with E-state index in [0.717, 1.165) is 10.8 Å². The summed E-state index contributed by atoms with van der Waals surface area (Å²) in [7, 11) is 1.52. The average Bonchev–Trinajstić information content (AvgIpc) is 3.62. The number of nitrogens with one attached hydrogen (secondary N) is 2. The highest BCUT2D eigenvalue weighted by Crippen LogP contribution is 2.32. The van der Waals surface area contributed by atoms with Gasteiger partial charge < -0.3 is 19.7 Å². The van der Waals surface area contributed by atoms with E-state index in [-0.39, 0.29) is 45.0 Å². The smallest absolute Gasteiger partial charge is 0.291 e. The lowest BCUT2D eigenvalue weighted by atomic mass is 10.0. The standard InChI is InChI=1S/C30H29ClF2IN7O3/c1-17-22(15-36-38-17)19-7-8-21(27(33)26(19)32)24-16-35-28(39(24)2)29(43)37-18-5-6-20(23(31)14-18)30(44)41-12-10-40(11-13-41)25(42)4-3-9-34/h5-8,14-16H,3-4,9-13H2,1-2H3,(H,36,38)(H,37,43). The van der Waals surface area contributed by atoms with Gasteiger partial charge in [0.1, 0.15) is 0 Å². The van der Waals surface area contributed by atoms with E-state index in [4.69, 9.17) is 11.6 Å². The first-order valence-electron chi connectivity index (χ1n) is 13.9. The minimum Gasteiger partial charge on any atom is -0.339 e. The number of amides is 3. The first kappa shape index (κ1) is 31.6. The van der Waals surface area contributed by atoms with Gasteiger partial charge in [0.25, 0.3) is 11.8 Å². The molecule has 0 aliphatic carbocycles. The molecular weight excluding hydrogens is 707 g/mol. The van der Waals surface area contributed by atoms with Gasteiger partial charge in [-0.1, -0.05) is 40.3 Å². The second-order valence-corrected chi connectivity index (χ2v) is 11.8. The third-order valence-electron chi connectivity index (χ3n) is 7.57. The van der Waals surface area contributed by atoms with E-state index in [1.54, 1.807) is 22.8 Å².